The Morgan fingerprint density at radius 1 is 1.05 bits per heavy atom. The number of halogens is 1. The lowest BCUT2D eigenvalue weighted by Crippen LogP contribution is -2.30. The van der Waals surface area contributed by atoms with Crippen molar-refractivity contribution in [3.05, 3.63) is 46.8 Å². The van der Waals surface area contributed by atoms with E-state index in [0.29, 0.717) is 29.9 Å². The van der Waals surface area contributed by atoms with E-state index in [4.69, 9.17) is 24.7 Å². The molecule has 1 fully saturated rings. The number of carbonyl (C=O) groups excluding carboxylic acids is 1. The van der Waals surface area contributed by atoms with Crippen LogP contribution in [0.3, 0.4) is 0 Å². The number of rotatable bonds is 13. The van der Waals surface area contributed by atoms with Crippen molar-refractivity contribution in [1.29, 1.82) is 5.41 Å². The maximum absolute atomic E-state index is 15.4. The van der Waals surface area contributed by atoms with E-state index in [2.05, 4.69) is 4.90 Å². The van der Waals surface area contributed by atoms with Gasteiger partial charge in [-0.2, -0.15) is 0 Å². The predicted octanol–water partition coefficient (Wildman–Crippen LogP) is 4.49. The van der Waals surface area contributed by atoms with E-state index < -0.39 is 11.8 Å². The van der Waals surface area contributed by atoms with Crippen molar-refractivity contribution < 1.29 is 33.3 Å². The molecule has 10 heteroatoms. The maximum atomic E-state index is 15.4. The van der Waals surface area contributed by atoms with Crippen molar-refractivity contribution in [2.24, 2.45) is 0 Å². The average Bonchev–Trinajstić information content (AvgIpc) is 3.53. The van der Waals surface area contributed by atoms with Crippen molar-refractivity contribution in [1.82, 2.24) is 4.90 Å². The molecule has 38 heavy (non-hydrogen) atoms. The molecular weight excluding hydrogens is 493 g/mol. The summed E-state index contributed by atoms with van der Waals surface area (Å²) < 4.78 is 32.2. The lowest BCUT2D eigenvalue weighted by atomic mass is 10.1. The molecule has 2 aromatic rings. The Morgan fingerprint density at radius 2 is 1.79 bits per heavy atom. The molecule has 0 radical (unpaired) electrons. The highest BCUT2D eigenvalue weighted by Crippen LogP contribution is 2.39. The summed E-state index contributed by atoms with van der Waals surface area (Å²) in [4.78, 5) is 28.0. The molecule has 0 spiro atoms. The van der Waals surface area contributed by atoms with Gasteiger partial charge in [0.1, 0.15) is 11.6 Å². The summed E-state index contributed by atoms with van der Waals surface area (Å²) in [5.74, 6) is -1.08. The Hall–Kier alpha value is -3.82. The van der Waals surface area contributed by atoms with Gasteiger partial charge in [-0.05, 0) is 56.9 Å². The number of anilines is 1. The predicted molar refractivity (Wildman–Crippen MR) is 141 cm³/mol. The van der Waals surface area contributed by atoms with Crippen LogP contribution >= 0.6 is 0 Å². The quantitative estimate of drug-likeness (QED) is 0.290. The lowest BCUT2D eigenvalue weighted by molar-refractivity contribution is -0.137. The number of fused-ring (bicyclic) bond motifs is 1. The number of ketones is 1. The summed E-state index contributed by atoms with van der Waals surface area (Å²) in [5.41, 5.74) is 1.99. The number of ether oxygens (including phenoxy) is 3. The number of hydrogen-bond donors (Lipinski definition) is 2. The van der Waals surface area contributed by atoms with E-state index in [-0.39, 0.29) is 61.4 Å². The summed E-state index contributed by atoms with van der Waals surface area (Å²) >= 11 is 0. The number of carboxylic acid groups (broad SMARTS) is 1. The number of carboxylic acids is 1. The van der Waals surface area contributed by atoms with Crippen LogP contribution in [0.1, 0.15) is 61.0 Å². The van der Waals surface area contributed by atoms with Crippen LogP contribution in [-0.2, 0) is 11.3 Å². The van der Waals surface area contributed by atoms with Crippen LogP contribution in [0.4, 0.5) is 10.1 Å². The minimum absolute atomic E-state index is 0.00180. The molecule has 2 N–H and O–H groups in total. The number of aliphatic carboxylic acids is 1. The Morgan fingerprint density at radius 3 is 2.47 bits per heavy atom. The minimum atomic E-state index is -0.887. The van der Waals surface area contributed by atoms with Gasteiger partial charge in [-0.1, -0.05) is 0 Å². The van der Waals surface area contributed by atoms with Crippen LogP contribution in [0.2, 0.25) is 0 Å². The Kier molecular flexibility index (Phi) is 8.70. The summed E-state index contributed by atoms with van der Waals surface area (Å²) in [6.07, 6.45) is 2.49. The smallest absolute Gasteiger partial charge is 0.303 e. The maximum Gasteiger partial charge on any atom is 0.303 e. The first-order chi connectivity index (χ1) is 18.3. The molecule has 2 heterocycles. The van der Waals surface area contributed by atoms with Crippen LogP contribution in [0.5, 0.6) is 17.2 Å². The molecule has 2 aromatic carbocycles. The van der Waals surface area contributed by atoms with Crippen molar-refractivity contribution >= 4 is 23.3 Å². The number of nitrogens with one attached hydrogen (secondary N) is 1. The first-order valence-electron chi connectivity index (χ1n) is 13.0. The number of carbonyl (C=O) groups is 2. The van der Waals surface area contributed by atoms with Crippen LogP contribution in [0.25, 0.3) is 0 Å². The molecule has 0 aliphatic carbocycles. The summed E-state index contributed by atoms with van der Waals surface area (Å²) in [6, 6.07) is 7.03. The first-order valence-corrected chi connectivity index (χ1v) is 13.0. The molecule has 0 amide bonds. The highest BCUT2D eigenvalue weighted by atomic mass is 19.1. The second-order valence-electron chi connectivity index (χ2n) is 9.30. The van der Waals surface area contributed by atoms with Gasteiger partial charge in [-0.25, -0.2) is 4.39 Å². The molecule has 0 saturated carbocycles. The molecule has 0 bridgehead atoms. The zero-order valence-corrected chi connectivity index (χ0v) is 21.8. The van der Waals surface area contributed by atoms with E-state index in [1.807, 2.05) is 12.1 Å². The SMILES string of the molecule is CCOc1cc2c(c(F)c1OCC)C(=N)N(CC(=O)c1cc(OCCCC(=O)O)cc(N3CCCC3)c1)C2. The van der Waals surface area contributed by atoms with E-state index in [0.717, 1.165) is 31.6 Å². The molecule has 2 aliphatic rings. The number of hydrogen-bond acceptors (Lipinski definition) is 7. The molecule has 9 nitrogen and oxygen atoms in total. The Balaban J connectivity index is 1.54. The zero-order valence-electron chi connectivity index (χ0n) is 21.8. The summed E-state index contributed by atoms with van der Waals surface area (Å²) in [6.45, 7) is 6.21. The Bertz CT molecular complexity index is 1210. The highest BCUT2D eigenvalue weighted by Gasteiger charge is 2.33. The summed E-state index contributed by atoms with van der Waals surface area (Å²) in [7, 11) is 0. The molecular formula is C28H34FN3O6. The van der Waals surface area contributed by atoms with Gasteiger partial charge in [-0.3, -0.25) is 15.0 Å². The standard InChI is InChI=1S/C28H34FN3O6/c1-3-36-23-14-19-16-32(28(30)25(19)26(29)27(23)37-4-2)17-22(33)18-12-20(31-9-5-6-10-31)15-21(13-18)38-11-7-8-24(34)35/h12-15,30H,3-11,16-17H2,1-2H3,(H,34,35). The third-order valence-corrected chi connectivity index (χ3v) is 6.59. The second kappa shape index (κ2) is 12.1. The van der Waals surface area contributed by atoms with Gasteiger partial charge in [0, 0.05) is 43.4 Å². The van der Waals surface area contributed by atoms with Crippen LogP contribution in [0.15, 0.2) is 24.3 Å². The van der Waals surface area contributed by atoms with Crippen molar-refractivity contribution in [3.8, 4) is 17.2 Å². The second-order valence-corrected chi connectivity index (χ2v) is 9.30. The normalized spacial score (nSPS) is 14.6. The fraction of sp³-hybridized carbons (Fsp3) is 0.464. The third kappa shape index (κ3) is 6.00. The first kappa shape index (κ1) is 27.2. The van der Waals surface area contributed by atoms with E-state index in [1.54, 1.807) is 26.0 Å². The fourth-order valence-corrected chi connectivity index (χ4v) is 4.82. The van der Waals surface area contributed by atoms with Gasteiger partial charge >= 0.3 is 5.97 Å². The van der Waals surface area contributed by atoms with Crippen molar-refractivity contribution in [2.75, 3.05) is 44.4 Å². The Labute approximate surface area is 221 Å². The van der Waals surface area contributed by atoms with Crippen LogP contribution in [-0.4, -0.2) is 67.0 Å². The summed E-state index contributed by atoms with van der Waals surface area (Å²) in [5, 5.41) is 17.5. The highest BCUT2D eigenvalue weighted by molar-refractivity contribution is 6.06. The lowest BCUT2D eigenvalue weighted by Gasteiger charge is -2.21. The number of benzene rings is 2. The van der Waals surface area contributed by atoms with Gasteiger partial charge < -0.3 is 29.1 Å². The van der Waals surface area contributed by atoms with Gasteiger partial charge in [0.2, 0.25) is 0 Å². The zero-order chi connectivity index (χ0) is 27.2. The molecule has 0 unspecified atom stereocenters. The minimum Gasteiger partial charge on any atom is -0.493 e. The fourth-order valence-electron chi connectivity index (χ4n) is 4.82. The number of amidine groups is 1. The largest absolute Gasteiger partial charge is 0.493 e. The van der Waals surface area contributed by atoms with Crippen LogP contribution < -0.4 is 19.1 Å². The van der Waals surface area contributed by atoms with Crippen molar-refractivity contribution in [2.45, 2.75) is 46.1 Å². The van der Waals surface area contributed by atoms with E-state index in [9.17, 15) is 9.59 Å². The van der Waals surface area contributed by atoms with Gasteiger partial charge in [-0.15, -0.1) is 0 Å². The molecule has 204 valence electrons. The van der Waals surface area contributed by atoms with E-state index in [1.165, 1.54) is 4.90 Å². The number of nitrogens with zero attached hydrogens (tertiary/aromatic N) is 2. The monoisotopic (exact) mass is 527 g/mol. The van der Waals surface area contributed by atoms with E-state index >= 15 is 4.39 Å². The van der Waals surface area contributed by atoms with Gasteiger partial charge in [0.15, 0.2) is 23.1 Å². The third-order valence-electron chi connectivity index (χ3n) is 6.59. The van der Waals surface area contributed by atoms with Gasteiger partial charge in [0.25, 0.3) is 0 Å². The molecule has 1 saturated heterocycles. The van der Waals surface area contributed by atoms with Crippen molar-refractivity contribution in [3.63, 3.8) is 0 Å². The van der Waals surface area contributed by atoms with Gasteiger partial charge in [0.05, 0.1) is 31.9 Å². The molecule has 0 atom stereocenters. The molecule has 4 rings (SSSR count). The molecule has 0 aromatic heterocycles. The topological polar surface area (TPSA) is 112 Å². The van der Waals surface area contributed by atoms with Crippen LogP contribution in [0, 0.1) is 11.2 Å². The number of Topliss-reactive ketones (excluding diaryl/α,β-unsaturated/α-hetero) is 1. The molecule has 2 aliphatic heterocycles. The average molecular weight is 528 g/mol.